The van der Waals surface area contributed by atoms with Crippen molar-refractivity contribution in [3.8, 4) is 11.5 Å². The van der Waals surface area contributed by atoms with Crippen LogP contribution in [0.1, 0.15) is 6.42 Å². The molecule has 2 N–H and O–H groups in total. The van der Waals surface area contributed by atoms with E-state index in [1.807, 2.05) is 0 Å². The summed E-state index contributed by atoms with van der Waals surface area (Å²) in [5.74, 6) is 0.929. The number of halogens is 1. The molecule has 1 amide bonds. The molecule has 6 nitrogen and oxygen atoms in total. The molecule has 7 heteroatoms. The van der Waals surface area contributed by atoms with Gasteiger partial charge in [-0.05, 0) is 19.5 Å². The molecule has 0 atom stereocenters. The van der Waals surface area contributed by atoms with Crippen LogP contribution < -0.4 is 20.1 Å². The monoisotopic (exact) mass is 327 g/mol. The average Bonchev–Trinajstić information content (AvgIpc) is 2.77. The lowest BCUT2D eigenvalue weighted by molar-refractivity contribution is -0.117. The molecule has 0 aliphatic carbocycles. The Morgan fingerprint density at radius 2 is 2.05 bits per heavy atom. The fourth-order valence-electron chi connectivity index (χ4n) is 2.41. The van der Waals surface area contributed by atoms with Gasteiger partial charge in [0, 0.05) is 25.2 Å². The minimum absolute atomic E-state index is 0.0791. The third-order valence-corrected chi connectivity index (χ3v) is 3.84. The number of benzene rings is 1. The topological polar surface area (TPSA) is 62.8 Å². The molecule has 0 unspecified atom stereocenters. The molecule has 0 radical (unpaired) electrons. The number of hydrogen-bond donors (Lipinski definition) is 2. The fourth-order valence-corrected chi connectivity index (χ4v) is 2.64. The minimum Gasteiger partial charge on any atom is -0.495 e. The van der Waals surface area contributed by atoms with Gasteiger partial charge in [-0.25, -0.2) is 0 Å². The summed E-state index contributed by atoms with van der Waals surface area (Å²) >= 11 is 6.06. The lowest BCUT2D eigenvalue weighted by atomic mass is 10.2. The Balaban J connectivity index is 2.03. The van der Waals surface area contributed by atoms with E-state index in [4.69, 9.17) is 21.1 Å². The maximum absolute atomic E-state index is 12.2. The van der Waals surface area contributed by atoms with Crippen molar-refractivity contribution in [3.63, 3.8) is 0 Å². The van der Waals surface area contributed by atoms with Gasteiger partial charge in [0.15, 0.2) is 0 Å². The van der Waals surface area contributed by atoms with Crippen molar-refractivity contribution < 1.29 is 14.3 Å². The highest BCUT2D eigenvalue weighted by molar-refractivity contribution is 6.32. The maximum atomic E-state index is 12.2. The third kappa shape index (κ3) is 4.50. The molecular formula is C15H22ClN3O3. The van der Waals surface area contributed by atoms with Crippen LogP contribution in [0.5, 0.6) is 11.5 Å². The van der Waals surface area contributed by atoms with Gasteiger partial charge in [0.25, 0.3) is 0 Å². The lowest BCUT2D eigenvalue weighted by Crippen LogP contribution is -2.35. The SMILES string of the molecule is COc1cc(NC(=O)CN2CCCNCC2)c(OC)cc1Cl. The predicted octanol–water partition coefficient (Wildman–Crippen LogP) is 1.59. The molecule has 2 rings (SSSR count). The first-order chi connectivity index (χ1) is 10.6. The van der Waals surface area contributed by atoms with Gasteiger partial charge in [-0.3, -0.25) is 9.69 Å². The summed E-state index contributed by atoms with van der Waals surface area (Å²) in [5, 5.41) is 6.62. The Bertz CT molecular complexity index is 517. The quantitative estimate of drug-likeness (QED) is 0.860. The van der Waals surface area contributed by atoms with Gasteiger partial charge >= 0.3 is 0 Å². The van der Waals surface area contributed by atoms with Gasteiger partial charge in [-0.1, -0.05) is 11.6 Å². The van der Waals surface area contributed by atoms with Crippen LogP contribution in [0.4, 0.5) is 5.69 Å². The molecule has 0 spiro atoms. The lowest BCUT2D eigenvalue weighted by Gasteiger charge is -2.19. The number of carbonyl (C=O) groups excluding carboxylic acids is 1. The van der Waals surface area contributed by atoms with Gasteiger partial charge in [-0.15, -0.1) is 0 Å². The molecule has 0 saturated carbocycles. The van der Waals surface area contributed by atoms with E-state index in [0.29, 0.717) is 28.8 Å². The first-order valence-electron chi connectivity index (χ1n) is 7.28. The summed E-state index contributed by atoms with van der Waals surface area (Å²) in [6, 6.07) is 3.30. The summed E-state index contributed by atoms with van der Waals surface area (Å²) in [7, 11) is 3.07. The van der Waals surface area contributed by atoms with E-state index in [1.54, 1.807) is 12.1 Å². The summed E-state index contributed by atoms with van der Waals surface area (Å²) < 4.78 is 10.4. The van der Waals surface area contributed by atoms with Gasteiger partial charge in [-0.2, -0.15) is 0 Å². The molecule has 0 bridgehead atoms. The molecule has 1 heterocycles. The minimum atomic E-state index is -0.0791. The van der Waals surface area contributed by atoms with Crippen LogP contribution in [0, 0.1) is 0 Å². The van der Waals surface area contributed by atoms with Crippen LogP contribution in [0.25, 0.3) is 0 Å². The van der Waals surface area contributed by atoms with Gasteiger partial charge in [0.1, 0.15) is 11.5 Å². The highest BCUT2D eigenvalue weighted by Crippen LogP contribution is 2.35. The maximum Gasteiger partial charge on any atom is 0.238 e. The molecular weight excluding hydrogens is 306 g/mol. The number of carbonyl (C=O) groups is 1. The van der Waals surface area contributed by atoms with E-state index in [9.17, 15) is 4.79 Å². The molecule has 1 aromatic carbocycles. The van der Waals surface area contributed by atoms with E-state index in [2.05, 4.69) is 15.5 Å². The van der Waals surface area contributed by atoms with Crippen LogP contribution in [0.15, 0.2) is 12.1 Å². The summed E-state index contributed by atoms with van der Waals surface area (Å²) in [6.45, 7) is 4.05. The van der Waals surface area contributed by atoms with Crippen molar-refractivity contribution in [2.24, 2.45) is 0 Å². The molecule has 1 saturated heterocycles. The van der Waals surface area contributed by atoms with Crippen LogP contribution in [-0.4, -0.2) is 57.8 Å². The molecule has 1 aliphatic rings. The summed E-state index contributed by atoms with van der Waals surface area (Å²) in [4.78, 5) is 14.4. The molecule has 0 aromatic heterocycles. The van der Waals surface area contributed by atoms with Crippen LogP contribution >= 0.6 is 11.6 Å². The van der Waals surface area contributed by atoms with Crippen LogP contribution in [0.2, 0.25) is 5.02 Å². The smallest absolute Gasteiger partial charge is 0.238 e. The number of methoxy groups -OCH3 is 2. The van der Waals surface area contributed by atoms with Crippen LogP contribution in [0.3, 0.4) is 0 Å². The van der Waals surface area contributed by atoms with Crippen LogP contribution in [-0.2, 0) is 4.79 Å². The number of amides is 1. The standard InChI is InChI=1S/C15H22ClN3O3/c1-21-13-9-12(14(22-2)8-11(13)16)18-15(20)10-19-6-3-4-17-5-7-19/h8-9,17H,3-7,10H2,1-2H3,(H,18,20). The van der Waals surface area contributed by atoms with Gasteiger partial charge < -0.3 is 20.1 Å². The van der Waals surface area contributed by atoms with E-state index >= 15 is 0 Å². The summed E-state index contributed by atoms with van der Waals surface area (Å²) in [5.41, 5.74) is 0.557. The second kappa shape index (κ2) is 8.22. The van der Waals surface area contributed by atoms with E-state index in [0.717, 1.165) is 32.6 Å². The predicted molar refractivity (Wildman–Crippen MR) is 87.1 cm³/mol. The number of anilines is 1. The van der Waals surface area contributed by atoms with Crippen molar-refractivity contribution in [2.45, 2.75) is 6.42 Å². The van der Waals surface area contributed by atoms with Gasteiger partial charge in [0.2, 0.25) is 5.91 Å². The number of rotatable bonds is 5. The molecule has 1 aromatic rings. The Hall–Kier alpha value is -1.50. The second-order valence-corrected chi connectivity index (χ2v) is 5.52. The summed E-state index contributed by atoms with van der Waals surface area (Å²) in [6.07, 6.45) is 1.05. The average molecular weight is 328 g/mol. The zero-order chi connectivity index (χ0) is 15.9. The number of ether oxygens (including phenoxy) is 2. The van der Waals surface area contributed by atoms with E-state index in [-0.39, 0.29) is 5.91 Å². The normalized spacial score (nSPS) is 16.0. The first-order valence-corrected chi connectivity index (χ1v) is 7.66. The van der Waals surface area contributed by atoms with Crippen molar-refractivity contribution in [3.05, 3.63) is 17.2 Å². The Morgan fingerprint density at radius 1 is 1.27 bits per heavy atom. The van der Waals surface area contributed by atoms with Crippen molar-refractivity contribution in [1.29, 1.82) is 0 Å². The fraction of sp³-hybridized carbons (Fsp3) is 0.533. The Morgan fingerprint density at radius 3 is 2.77 bits per heavy atom. The second-order valence-electron chi connectivity index (χ2n) is 5.11. The van der Waals surface area contributed by atoms with Gasteiger partial charge in [0.05, 0.1) is 31.5 Å². The van der Waals surface area contributed by atoms with E-state index < -0.39 is 0 Å². The molecule has 1 fully saturated rings. The Kier molecular flexibility index (Phi) is 6.30. The first kappa shape index (κ1) is 16.9. The highest BCUT2D eigenvalue weighted by Gasteiger charge is 2.16. The zero-order valence-corrected chi connectivity index (χ0v) is 13.7. The molecule has 122 valence electrons. The zero-order valence-electron chi connectivity index (χ0n) is 12.9. The third-order valence-electron chi connectivity index (χ3n) is 3.55. The number of hydrogen-bond acceptors (Lipinski definition) is 5. The highest BCUT2D eigenvalue weighted by atomic mass is 35.5. The largest absolute Gasteiger partial charge is 0.495 e. The molecule has 22 heavy (non-hydrogen) atoms. The van der Waals surface area contributed by atoms with E-state index in [1.165, 1.54) is 14.2 Å². The van der Waals surface area contributed by atoms with Crippen molar-refractivity contribution in [1.82, 2.24) is 10.2 Å². The number of nitrogens with zero attached hydrogens (tertiary/aromatic N) is 1. The number of nitrogens with one attached hydrogen (secondary N) is 2. The van der Waals surface area contributed by atoms with Crippen molar-refractivity contribution >= 4 is 23.2 Å². The molecule has 1 aliphatic heterocycles. The Labute approximate surface area is 135 Å². The van der Waals surface area contributed by atoms with Crippen molar-refractivity contribution in [2.75, 3.05) is 52.3 Å².